The highest BCUT2D eigenvalue weighted by Gasteiger charge is 2.39. The second kappa shape index (κ2) is 5.25. The molecule has 0 aromatic heterocycles. The summed E-state index contributed by atoms with van der Waals surface area (Å²) in [5, 5.41) is 6.98. The van der Waals surface area contributed by atoms with E-state index < -0.39 is 0 Å². The molecule has 0 radical (unpaired) electrons. The molecule has 2 N–H and O–H groups in total. The van der Waals surface area contributed by atoms with Crippen molar-refractivity contribution in [2.24, 2.45) is 11.3 Å². The Balaban J connectivity index is 1.49. The average molecular weight is 237 g/mol. The molecule has 98 valence electrons. The maximum atomic E-state index is 3.51. The summed E-state index contributed by atoms with van der Waals surface area (Å²) in [6.07, 6.45) is 7.07. The fourth-order valence-corrected chi connectivity index (χ4v) is 3.98. The molecule has 3 heterocycles. The summed E-state index contributed by atoms with van der Waals surface area (Å²) in [5.74, 6) is 0.966. The summed E-state index contributed by atoms with van der Waals surface area (Å²) in [6.45, 7) is 9.11. The van der Waals surface area contributed by atoms with Crippen molar-refractivity contribution < 1.29 is 0 Å². The van der Waals surface area contributed by atoms with E-state index in [1.807, 2.05) is 0 Å². The van der Waals surface area contributed by atoms with Gasteiger partial charge >= 0.3 is 0 Å². The molecular formula is C14H27N3. The first-order valence-corrected chi connectivity index (χ1v) is 7.50. The number of rotatable bonds is 2. The van der Waals surface area contributed by atoms with Crippen molar-refractivity contribution in [2.45, 2.75) is 32.1 Å². The Bertz CT molecular complexity index is 242. The molecule has 3 saturated heterocycles. The van der Waals surface area contributed by atoms with Crippen LogP contribution in [0.5, 0.6) is 0 Å². The Morgan fingerprint density at radius 3 is 2.41 bits per heavy atom. The zero-order valence-electron chi connectivity index (χ0n) is 11.0. The smallest absolute Gasteiger partial charge is 0.00395 e. The van der Waals surface area contributed by atoms with E-state index >= 15 is 0 Å². The number of hydrogen-bond acceptors (Lipinski definition) is 3. The molecule has 0 atom stereocenters. The number of nitrogens with zero attached hydrogens (tertiary/aromatic N) is 1. The molecule has 0 aliphatic carbocycles. The third-order valence-corrected chi connectivity index (χ3v) is 5.16. The van der Waals surface area contributed by atoms with Gasteiger partial charge in [0.1, 0.15) is 0 Å². The number of nitrogens with one attached hydrogen (secondary N) is 2. The van der Waals surface area contributed by atoms with Gasteiger partial charge in [-0.2, -0.15) is 0 Å². The maximum Gasteiger partial charge on any atom is 0.00395 e. The zero-order chi connectivity index (χ0) is 11.6. The lowest BCUT2D eigenvalue weighted by Gasteiger charge is -2.34. The van der Waals surface area contributed by atoms with Crippen molar-refractivity contribution in [2.75, 3.05) is 45.8 Å². The van der Waals surface area contributed by atoms with Crippen LogP contribution in [0.2, 0.25) is 0 Å². The summed E-state index contributed by atoms with van der Waals surface area (Å²) in [5.41, 5.74) is 0.693. The van der Waals surface area contributed by atoms with Crippen LogP contribution in [0, 0.1) is 11.3 Å². The first-order chi connectivity index (χ1) is 8.36. The van der Waals surface area contributed by atoms with Crippen LogP contribution in [-0.4, -0.2) is 50.7 Å². The van der Waals surface area contributed by atoms with Gasteiger partial charge in [0.05, 0.1) is 0 Å². The molecule has 1 spiro atoms. The van der Waals surface area contributed by atoms with Crippen LogP contribution in [0.15, 0.2) is 0 Å². The lowest BCUT2D eigenvalue weighted by Crippen LogP contribution is -2.40. The zero-order valence-corrected chi connectivity index (χ0v) is 11.0. The van der Waals surface area contributed by atoms with E-state index in [4.69, 9.17) is 0 Å². The lowest BCUT2D eigenvalue weighted by atomic mass is 9.78. The molecule has 17 heavy (non-hydrogen) atoms. The van der Waals surface area contributed by atoms with Crippen molar-refractivity contribution >= 4 is 0 Å². The minimum absolute atomic E-state index is 0.693. The maximum absolute atomic E-state index is 3.51. The fourth-order valence-electron chi connectivity index (χ4n) is 3.98. The summed E-state index contributed by atoms with van der Waals surface area (Å²) in [7, 11) is 0. The molecule has 0 aromatic rings. The highest BCUT2D eigenvalue weighted by atomic mass is 15.2. The van der Waals surface area contributed by atoms with Crippen molar-refractivity contribution in [1.29, 1.82) is 0 Å². The van der Waals surface area contributed by atoms with E-state index in [9.17, 15) is 0 Å². The topological polar surface area (TPSA) is 27.3 Å². The van der Waals surface area contributed by atoms with Gasteiger partial charge in [-0.05, 0) is 76.2 Å². The Morgan fingerprint density at radius 1 is 0.941 bits per heavy atom. The van der Waals surface area contributed by atoms with Gasteiger partial charge in [0, 0.05) is 13.1 Å². The van der Waals surface area contributed by atoms with Gasteiger partial charge in [-0.1, -0.05) is 0 Å². The molecule has 3 aliphatic heterocycles. The van der Waals surface area contributed by atoms with Gasteiger partial charge in [0.2, 0.25) is 0 Å². The van der Waals surface area contributed by atoms with E-state index in [-0.39, 0.29) is 0 Å². The summed E-state index contributed by atoms with van der Waals surface area (Å²) in [4.78, 5) is 2.77. The van der Waals surface area contributed by atoms with E-state index in [1.165, 1.54) is 77.9 Å². The molecule has 0 bridgehead atoms. The van der Waals surface area contributed by atoms with Gasteiger partial charge in [-0.3, -0.25) is 0 Å². The monoisotopic (exact) mass is 237 g/mol. The fraction of sp³-hybridized carbons (Fsp3) is 1.00. The Kier molecular flexibility index (Phi) is 3.69. The quantitative estimate of drug-likeness (QED) is 0.752. The van der Waals surface area contributed by atoms with E-state index in [2.05, 4.69) is 15.5 Å². The van der Waals surface area contributed by atoms with Crippen LogP contribution in [0.3, 0.4) is 0 Å². The Labute approximate surface area is 105 Å². The normalized spacial score (nSPS) is 31.1. The number of piperidine rings is 2. The van der Waals surface area contributed by atoms with Crippen molar-refractivity contribution in [1.82, 2.24) is 15.5 Å². The third-order valence-electron chi connectivity index (χ3n) is 5.16. The van der Waals surface area contributed by atoms with Gasteiger partial charge in [-0.15, -0.1) is 0 Å². The predicted octanol–water partition coefficient (Wildman–Crippen LogP) is 1.06. The van der Waals surface area contributed by atoms with Gasteiger partial charge < -0.3 is 15.5 Å². The van der Waals surface area contributed by atoms with E-state index in [0.717, 1.165) is 5.92 Å². The highest BCUT2D eigenvalue weighted by molar-refractivity contribution is 4.93. The molecule has 3 rings (SSSR count). The minimum atomic E-state index is 0.693. The van der Waals surface area contributed by atoms with Crippen LogP contribution >= 0.6 is 0 Å². The lowest BCUT2D eigenvalue weighted by molar-refractivity contribution is 0.177. The first kappa shape index (κ1) is 11.9. The van der Waals surface area contributed by atoms with Crippen LogP contribution in [0.1, 0.15) is 32.1 Å². The standard InChI is InChI=1S/C14H27N3/c1-6-15-7-2-13(1)11-17-10-5-14(12-17)3-8-16-9-4-14/h13,15-16H,1-12H2. The predicted molar refractivity (Wildman–Crippen MR) is 71.2 cm³/mol. The molecular weight excluding hydrogens is 210 g/mol. The molecule has 3 aliphatic rings. The first-order valence-electron chi connectivity index (χ1n) is 7.50. The Morgan fingerprint density at radius 2 is 1.65 bits per heavy atom. The summed E-state index contributed by atoms with van der Waals surface area (Å²) < 4.78 is 0. The van der Waals surface area contributed by atoms with Crippen molar-refractivity contribution in [3.63, 3.8) is 0 Å². The van der Waals surface area contributed by atoms with Gasteiger partial charge in [0.25, 0.3) is 0 Å². The molecule has 0 amide bonds. The third kappa shape index (κ3) is 2.83. The molecule has 3 fully saturated rings. The molecule has 0 aromatic carbocycles. The molecule has 0 saturated carbocycles. The van der Waals surface area contributed by atoms with Crippen molar-refractivity contribution in [3.8, 4) is 0 Å². The molecule has 0 unspecified atom stereocenters. The Hall–Kier alpha value is -0.120. The van der Waals surface area contributed by atoms with E-state index in [0.29, 0.717) is 5.41 Å². The van der Waals surface area contributed by atoms with E-state index in [1.54, 1.807) is 0 Å². The van der Waals surface area contributed by atoms with Gasteiger partial charge in [0.15, 0.2) is 0 Å². The van der Waals surface area contributed by atoms with Gasteiger partial charge in [-0.25, -0.2) is 0 Å². The average Bonchev–Trinajstić information content (AvgIpc) is 2.74. The molecule has 3 heteroatoms. The second-order valence-electron chi connectivity index (χ2n) is 6.43. The van der Waals surface area contributed by atoms with Crippen LogP contribution in [0.4, 0.5) is 0 Å². The minimum Gasteiger partial charge on any atom is -0.317 e. The van der Waals surface area contributed by atoms with Crippen LogP contribution in [0.25, 0.3) is 0 Å². The van der Waals surface area contributed by atoms with Crippen molar-refractivity contribution in [3.05, 3.63) is 0 Å². The largest absolute Gasteiger partial charge is 0.317 e. The number of hydrogen-bond donors (Lipinski definition) is 2. The highest BCUT2D eigenvalue weighted by Crippen LogP contribution is 2.38. The van der Waals surface area contributed by atoms with Crippen LogP contribution < -0.4 is 10.6 Å². The second-order valence-corrected chi connectivity index (χ2v) is 6.43. The summed E-state index contributed by atoms with van der Waals surface area (Å²) >= 11 is 0. The number of likely N-dealkylation sites (tertiary alicyclic amines) is 1. The van der Waals surface area contributed by atoms with Crippen LogP contribution in [-0.2, 0) is 0 Å². The summed E-state index contributed by atoms with van der Waals surface area (Å²) in [6, 6.07) is 0. The molecule has 3 nitrogen and oxygen atoms in total. The SMILES string of the molecule is C1CC(CN2CCC3(CCNCC3)C2)CCN1.